The molecule has 0 amide bonds. The number of methoxy groups -OCH3 is 3. The van der Waals surface area contributed by atoms with Crippen molar-refractivity contribution in [1.29, 1.82) is 0 Å². The molecule has 8 heteroatoms. The molecule has 0 unspecified atom stereocenters. The Morgan fingerprint density at radius 3 is 2.34 bits per heavy atom. The third kappa shape index (κ3) is 6.82. The van der Waals surface area contributed by atoms with Crippen LogP contribution in [0.1, 0.15) is 12.5 Å². The summed E-state index contributed by atoms with van der Waals surface area (Å²) in [6, 6.07) is 14.3. The molecular formula is C24H35IN4O3. The highest BCUT2D eigenvalue weighted by Gasteiger charge is 2.20. The molecule has 0 aliphatic carbocycles. The monoisotopic (exact) mass is 554 g/mol. The minimum absolute atomic E-state index is 0. The van der Waals surface area contributed by atoms with E-state index in [4.69, 9.17) is 19.2 Å². The zero-order valence-electron chi connectivity index (χ0n) is 19.5. The Hall–Kier alpha value is -2.36. The van der Waals surface area contributed by atoms with Gasteiger partial charge >= 0.3 is 0 Å². The second-order valence-electron chi connectivity index (χ2n) is 7.35. The van der Waals surface area contributed by atoms with Crippen molar-refractivity contribution in [3.63, 3.8) is 0 Å². The number of piperazine rings is 1. The van der Waals surface area contributed by atoms with Crippen LogP contribution in [-0.2, 0) is 6.42 Å². The molecule has 7 nitrogen and oxygen atoms in total. The zero-order chi connectivity index (χ0) is 22.1. The molecule has 2 aromatic rings. The van der Waals surface area contributed by atoms with Crippen LogP contribution in [0, 0.1) is 0 Å². The molecule has 2 aromatic carbocycles. The normalized spacial score (nSPS) is 13.9. The molecule has 32 heavy (non-hydrogen) atoms. The number of aliphatic imine (C=N–C) groups is 1. The quantitative estimate of drug-likeness (QED) is 0.306. The van der Waals surface area contributed by atoms with Gasteiger partial charge in [-0.15, -0.1) is 24.0 Å². The van der Waals surface area contributed by atoms with E-state index >= 15 is 0 Å². The van der Waals surface area contributed by atoms with Crippen molar-refractivity contribution >= 4 is 35.6 Å². The molecule has 1 fully saturated rings. The summed E-state index contributed by atoms with van der Waals surface area (Å²) in [6.45, 7) is 7.44. The summed E-state index contributed by atoms with van der Waals surface area (Å²) in [7, 11) is 5.02. The van der Waals surface area contributed by atoms with E-state index < -0.39 is 0 Å². The average molecular weight is 554 g/mol. The van der Waals surface area contributed by atoms with Gasteiger partial charge in [-0.3, -0.25) is 4.99 Å². The lowest BCUT2D eigenvalue weighted by Crippen LogP contribution is -2.52. The van der Waals surface area contributed by atoms with Crippen molar-refractivity contribution < 1.29 is 14.2 Å². The number of hydrogen-bond donors (Lipinski definition) is 1. The third-order valence-electron chi connectivity index (χ3n) is 5.44. The number of anilines is 1. The Morgan fingerprint density at radius 2 is 1.69 bits per heavy atom. The van der Waals surface area contributed by atoms with Crippen LogP contribution in [0.2, 0.25) is 0 Å². The number of halogens is 1. The van der Waals surface area contributed by atoms with Gasteiger partial charge in [0.2, 0.25) is 0 Å². The van der Waals surface area contributed by atoms with Gasteiger partial charge in [0.15, 0.2) is 17.5 Å². The molecule has 1 aliphatic rings. The van der Waals surface area contributed by atoms with E-state index in [1.165, 1.54) is 11.3 Å². The fourth-order valence-electron chi connectivity index (χ4n) is 3.74. The first kappa shape index (κ1) is 25.9. The molecule has 1 aliphatic heterocycles. The lowest BCUT2D eigenvalue weighted by Gasteiger charge is -2.37. The van der Waals surface area contributed by atoms with Gasteiger partial charge in [-0.2, -0.15) is 0 Å². The molecule has 0 spiro atoms. The Bertz CT molecular complexity index is 870. The smallest absolute Gasteiger partial charge is 0.194 e. The lowest BCUT2D eigenvalue weighted by molar-refractivity contribution is 0.354. The molecule has 176 valence electrons. The predicted molar refractivity (Wildman–Crippen MR) is 141 cm³/mol. The van der Waals surface area contributed by atoms with Crippen LogP contribution in [-0.4, -0.2) is 71.5 Å². The summed E-state index contributed by atoms with van der Waals surface area (Å²) in [6.07, 6.45) is 0.846. The van der Waals surface area contributed by atoms with Crippen molar-refractivity contribution in [3.8, 4) is 17.2 Å². The van der Waals surface area contributed by atoms with Gasteiger partial charge < -0.3 is 29.3 Å². The molecule has 0 saturated carbocycles. The van der Waals surface area contributed by atoms with E-state index in [-0.39, 0.29) is 24.0 Å². The van der Waals surface area contributed by atoms with E-state index in [2.05, 4.69) is 40.2 Å². The highest BCUT2D eigenvalue weighted by Crippen LogP contribution is 2.27. The maximum absolute atomic E-state index is 5.41. The van der Waals surface area contributed by atoms with Crippen LogP contribution >= 0.6 is 24.0 Å². The van der Waals surface area contributed by atoms with Crippen molar-refractivity contribution in [2.45, 2.75) is 13.3 Å². The maximum Gasteiger partial charge on any atom is 0.194 e. The third-order valence-corrected chi connectivity index (χ3v) is 5.44. The van der Waals surface area contributed by atoms with Gasteiger partial charge in [-0.05, 0) is 43.2 Å². The van der Waals surface area contributed by atoms with Gasteiger partial charge in [0.25, 0.3) is 0 Å². The van der Waals surface area contributed by atoms with Crippen LogP contribution in [0.3, 0.4) is 0 Å². The SMILES string of the molecule is CCNC(=NCCc1ccc(OC)c(OC)c1)N1CCN(c2cccc(OC)c2)CC1.I. The molecule has 1 saturated heterocycles. The van der Waals surface area contributed by atoms with E-state index in [0.29, 0.717) is 6.54 Å². The molecule has 0 aromatic heterocycles. The topological polar surface area (TPSA) is 58.6 Å². The molecule has 1 heterocycles. The van der Waals surface area contributed by atoms with E-state index in [0.717, 1.165) is 62.4 Å². The second-order valence-corrected chi connectivity index (χ2v) is 7.35. The molecular weight excluding hydrogens is 519 g/mol. The van der Waals surface area contributed by atoms with Gasteiger partial charge in [-0.25, -0.2) is 0 Å². The molecule has 1 N–H and O–H groups in total. The molecule has 0 atom stereocenters. The number of nitrogens with one attached hydrogen (secondary N) is 1. The summed E-state index contributed by atoms with van der Waals surface area (Å²) in [5.74, 6) is 3.37. The zero-order valence-corrected chi connectivity index (χ0v) is 21.8. The molecule has 0 bridgehead atoms. The van der Waals surface area contributed by atoms with E-state index in [1.807, 2.05) is 24.3 Å². The van der Waals surface area contributed by atoms with Crippen molar-refractivity contribution in [3.05, 3.63) is 48.0 Å². The summed E-state index contributed by atoms with van der Waals surface area (Å²) in [5, 5.41) is 3.44. The maximum atomic E-state index is 5.41. The Morgan fingerprint density at radius 1 is 0.938 bits per heavy atom. The highest BCUT2D eigenvalue weighted by molar-refractivity contribution is 14.0. The molecule has 0 radical (unpaired) electrons. The Kier molecular flexibility index (Phi) is 10.7. The van der Waals surface area contributed by atoms with Gasteiger partial charge in [0.05, 0.1) is 21.3 Å². The van der Waals surface area contributed by atoms with Crippen LogP contribution in [0.5, 0.6) is 17.2 Å². The largest absolute Gasteiger partial charge is 0.497 e. The van der Waals surface area contributed by atoms with Crippen LogP contribution in [0.4, 0.5) is 5.69 Å². The highest BCUT2D eigenvalue weighted by atomic mass is 127. The average Bonchev–Trinajstić information content (AvgIpc) is 2.83. The minimum Gasteiger partial charge on any atom is -0.497 e. The van der Waals surface area contributed by atoms with Gasteiger partial charge in [0, 0.05) is 51.0 Å². The fourth-order valence-corrected chi connectivity index (χ4v) is 3.74. The number of rotatable bonds is 8. The second kappa shape index (κ2) is 13.2. The standard InChI is InChI=1S/C24H34N4O3.HI/c1-5-25-24(26-12-11-19-9-10-22(30-3)23(17-19)31-4)28-15-13-27(14-16-28)20-7-6-8-21(18-20)29-2;/h6-10,17-18H,5,11-16H2,1-4H3,(H,25,26);1H. The van der Waals surface area contributed by atoms with Gasteiger partial charge in [-0.1, -0.05) is 12.1 Å². The van der Waals surface area contributed by atoms with E-state index in [1.54, 1.807) is 21.3 Å². The lowest BCUT2D eigenvalue weighted by atomic mass is 10.1. The van der Waals surface area contributed by atoms with Crippen molar-refractivity contribution in [1.82, 2.24) is 10.2 Å². The summed E-state index contributed by atoms with van der Waals surface area (Å²) in [4.78, 5) is 9.61. The number of benzene rings is 2. The van der Waals surface area contributed by atoms with Crippen molar-refractivity contribution in [2.24, 2.45) is 4.99 Å². The number of nitrogens with zero attached hydrogens (tertiary/aromatic N) is 3. The number of ether oxygens (including phenoxy) is 3. The van der Waals surface area contributed by atoms with Crippen LogP contribution in [0.25, 0.3) is 0 Å². The summed E-state index contributed by atoms with van der Waals surface area (Å²) < 4.78 is 16.1. The number of hydrogen-bond acceptors (Lipinski definition) is 5. The van der Waals surface area contributed by atoms with Gasteiger partial charge in [0.1, 0.15) is 5.75 Å². The first-order valence-corrected chi connectivity index (χ1v) is 10.8. The Balaban J connectivity index is 0.00000363. The van der Waals surface area contributed by atoms with E-state index in [9.17, 15) is 0 Å². The minimum atomic E-state index is 0. The first-order chi connectivity index (χ1) is 15.2. The first-order valence-electron chi connectivity index (χ1n) is 10.8. The molecule has 3 rings (SSSR count). The van der Waals surface area contributed by atoms with Crippen LogP contribution < -0.4 is 24.4 Å². The fraction of sp³-hybridized carbons (Fsp3) is 0.458. The summed E-state index contributed by atoms with van der Waals surface area (Å²) >= 11 is 0. The Labute approximate surface area is 208 Å². The predicted octanol–water partition coefficient (Wildman–Crippen LogP) is 3.66. The van der Waals surface area contributed by atoms with Crippen LogP contribution in [0.15, 0.2) is 47.5 Å². The van der Waals surface area contributed by atoms with Crippen molar-refractivity contribution in [2.75, 3.05) is 65.5 Å². The summed E-state index contributed by atoms with van der Waals surface area (Å²) in [5.41, 5.74) is 2.38. The number of guanidine groups is 1.